The van der Waals surface area contributed by atoms with Gasteiger partial charge >= 0.3 is 0 Å². The van der Waals surface area contributed by atoms with Crippen LogP contribution in [0.4, 0.5) is 0 Å². The summed E-state index contributed by atoms with van der Waals surface area (Å²) in [5, 5.41) is 3.28. The Bertz CT molecular complexity index is 1020. The highest BCUT2D eigenvalue weighted by atomic mass is 16.5. The van der Waals surface area contributed by atoms with Crippen molar-refractivity contribution in [1.29, 1.82) is 0 Å². The molecule has 0 aliphatic heterocycles. The summed E-state index contributed by atoms with van der Waals surface area (Å²) >= 11 is 0. The number of benzene rings is 2. The lowest BCUT2D eigenvalue weighted by Gasteiger charge is -2.33. The van der Waals surface area contributed by atoms with Gasteiger partial charge in [-0.3, -0.25) is 4.79 Å². The molecule has 4 rings (SSSR count). The average molecular weight is 447 g/mol. The van der Waals surface area contributed by atoms with Crippen LogP contribution in [0, 0.1) is 12.8 Å². The average Bonchev–Trinajstić information content (AvgIpc) is 3.27. The van der Waals surface area contributed by atoms with Gasteiger partial charge in [-0.2, -0.15) is 0 Å². The minimum atomic E-state index is -0.0251. The van der Waals surface area contributed by atoms with E-state index in [1.807, 2.05) is 51.1 Å². The Morgan fingerprint density at radius 1 is 1.00 bits per heavy atom. The fourth-order valence-electron chi connectivity index (χ4n) is 4.91. The Balaban J connectivity index is 0.00000149. The zero-order chi connectivity index (χ0) is 23.8. The van der Waals surface area contributed by atoms with E-state index in [0.29, 0.717) is 17.4 Å². The normalized spacial score (nSPS) is 18.6. The minimum absolute atomic E-state index is 0.0251. The summed E-state index contributed by atoms with van der Waals surface area (Å²) in [6, 6.07) is 20.7. The number of aromatic nitrogens is 1. The lowest BCUT2D eigenvalue weighted by atomic mass is 9.76. The number of H-pyrrole nitrogens is 1. The second-order valence-corrected chi connectivity index (χ2v) is 8.73. The first-order valence-electron chi connectivity index (χ1n) is 12.3. The maximum Gasteiger partial charge on any atom is 0.253 e. The van der Waals surface area contributed by atoms with Crippen molar-refractivity contribution in [2.24, 2.45) is 5.92 Å². The number of carbonyl (C=O) groups is 1. The summed E-state index contributed by atoms with van der Waals surface area (Å²) < 4.78 is 5.51. The molecular weight excluding hydrogens is 408 g/mol. The molecular formula is C29H38N2O2. The van der Waals surface area contributed by atoms with Crippen LogP contribution < -0.4 is 10.1 Å². The molecule has 4 heteroatoms. The van der Waals surface area contributed by atoms with Gasteiger partial charge in [-0.05, 0) is 75.1 Å². The number of aromatic amines is 1. The molecule has 1 atom stereocenters. The summed E-state index contributed by atoms with van der Waals surface area (Å²) in [6.07, 6.45) is 4.66. The minimum Gasteiger partial charge on any atom is -0.496 e. The highest BCUT2D eigenvalue weighted by molar-refractivity contribution is 6.01. The first kappa shape index (κ1) is 24.6. The van der Waals surface area contributed by atoms with Crippen LogP contribution in [-0.2, 0) is 0 Å². The number of methoxy groups -OCH3 is 1. The van der Waals surface area contributed by atoms with Gasteiger partial charge in [0.05, 0.1) is 18.4 Å². The van der Waals surface area contributed by atoms with Crippen molar-refractivity contribution in [3.8, 4) is 17.0 Å². The van der Waals surface area contributed by atoms with Gasteiger partial charge in [-0.25, -0.2) is 0 Å². The third kappa shape index (κ3) is 5.87. The van der Waals surface area contributed by atoms with Crippen molar-refractivity contribution in [3.63, 3.8) is 0 Å². The van der Waals surface area contributed by atoms with Gasteiger partial charge < -0.3 is 15.0 Å². The molecule has 1 saturated carbocycles. The number of aryl methyl sites for hydroxylation is 1. The molecule has 1 unspecified atom stereocenters. The Hall–Kier alpha value is -3.01. The van der Waals surface area contributed by atoms with Crippen molar-refractivity contribution < 1.29 is 9.53 Å². The Labute approximate surface area is 198 Å². The molecule has 1 amide bonds. The first-order chi connectivity index (χ1) is 16.1. The van der Waals surface area contributed by atoms with Gasteiger partial charge in [-0.1, -0.05) is 56.3 Å². The molecule has 1 fully saturated rings. The molecule has 0 radical (unpaired) electrons. The molecule has 0 saturated heterocycles. The highest BCUT2D eigenvalue weighted by Gasteiger charge is 2.28. The summed E-state index contributed by atoms with van der Waals surface area (Å²) in [4.78, 5) is 16.6. The van der Waals surface area contributed by atoms with Crippen LogP contribution in [0.2, 0.25) is 0 Å². The van der Waals surface area contributed by atoms with Crippen LogP contribution in [0.1, 0.15) is 74.0 Å². The number of nitrogens with one attached hydrogen (secondary N) is 2. The summed E-state index contributed by atoms with van der Waals surface area (Å²) in [5.74, 6) is 1.89. The SMILES string of the molecule is CC.COc1ccccc1-c1[nH]c(C)cc1C(=O)NC(C)C1CCC(c2ccccc2)CC1. The number of hydrogen-bond donors (Lipinski definition) is 2. The molecule has 2 N–H and O–H groups in total. The maximum absolute atomic E-state index is 13.2. The number of ether oxygens (including phenoxy) is 1. The zero-order valence-corrected chi connectivity index (χ0v) is 20.7. The van der Waals surface area contributed by atoms with E-state index in [4.69, 9.17) is 4.74 Å². The van der Waals surface area contributed by atoms with E-state index < -0.39 is 0 Å². The lowest BCUT2D eigenvalue weighted by molar-refractivity contribution is 0.0918. The van der Waals surface area contributed by atoms with Gasteiger partial charge in [0.1, 0.15) is 5.75 Å². The third-order valence-electron chi connectivity index (χ3n) is 6.68. The molecule has 3 aromatic rings. The fourth-order valence-corrected chi connectivity index (χ4v) is 4.91. The van der Waals surface area contributed by atoms with E-state index in [0.717, 1.165) is 35.5 Å². The van der Waals surface area contributed by atoms with Gasteiger partial charge in [0.15, 0.2) is 0 Å². The van der Waals surface area contributed by atoms with Crippen LogP contribution >= 0.6 is 0 Å². The zero-order valence-electron chi connectivity index (χ0n) is 20.7. The van der Waals surface area contributed by atoms with Crippen molar-refractivity contribution in [2.75, 3.05) is 7.11 Å². The summed E-state index contributed by atoms with van der Waals surface area (Å²) in [5.41, 5.74) is 4.79. The molecule has 4 nitrogen and oxygen atoms in total. The number of rotatable bonds is 6. The van der Waals surface area contributed by atoms with Gasteiger partial charge in [0.25, 0.3) is 5.91 Å². The maximum atomic E-state index is 13.2. The summed E-state index contributed by atoms with van der Waals surface area (Å²) in [7, 11) is 1.65. The second-order valence-electron chi connectivity index (χ2n) is 8.73. The standard InChI is InChI=1S/C27H32N2O2.C2H6/c1-18-17-24(26(28-18)23-11-7-8-12-25(23)31-3)27(30)29-19(2)20-13-15-22(16-14-20)21-9-5-4-6-10-21;1-2/h4-12,17,19-20,22,28H,13-16H2,1-3H3,(H,29,30);1-2H3. The Morgan fingerprint density at radius 3 is 2.30 bits per heavy atom. The van der Waals surface area contributed by atoms with E-state index >= 15 is 0 Å². The van der Waals surface area contributed by atoms with Gasteiger partial charge in [-0.15, -0.1) is 0 Å². The largest absolute Gasteiger partial charge is 0.496 e. The van der Waals surface area contributed by atoms with Crippen molar-refractivity contribution in [1.82, 2.24) is 10.3 Å². The van der Waals surface area contributed by atoms with Crippen molar-refractivity contribution in [3.05, 3.63) is 77.5 Å². The third-order valence-corrected chi connectivity index (χ3v) is 6.68. The quantitative estimate of drug-likeness (QED) is 0.424. The number of hydrogen-bond acceptors (Lipinski definition) is 2. The number of para-hydroxylation sites is 1. The fraction of sp³-hybridized carbons (Fsp3) is 0.414. The van der Waals surface area contributed by atoms with Gasteiger partial charge in [0.2, 0.25) is 0 Å². The van der Waals surface area contributed by atoms with Crippen molar-refractivity contribution in [2.45, 2.75) is 65.3 Å². The molecule has 0 spiro atoms. The molecule has 176 valence electrons. The van der Waals surface area contributed by atoms with Crippen LogP contribution in [-0.4, -0.2) is 24.0 Å². The van der Waals surface area contributed by atoms with E-state index in [-0.39, 0.29) is 11.9 Å². The molecule has 0 bridgehead atoms. The van der Waals surface area contributed by atoms with Crippen LogP contribution in [0.25, 0.3) is 11.3 Å². The smallest absolute Gasteiger partial charge is 0.253 e. The Morgan fingerprint density at radius 2 is 1.64 bits per heavy atom. The molecule has 1 aromatic heterocycles. The number of carbonyl (C=O) groups excluding carboxylic acids is 1. The van der Waals surface area contributed by atoms with E-state index in [2.05, 4.69) is 47.6 Å². The van der Waals surface area contributed by atoms with E-state index in [1.165, 1.54) is 18.4 Å². The predicted octanol–water partition coefficient (Wildman–Crippen LogP) is 7.12. The highest BCUT2D eigenvalue weighted by Crippen LogP contribution is 2.37. The van der Waals surface area contributed by atoms with Crippen LogP contribution in [0.5, 0.6) is 5.75 Å². The molecule has 2 aromatic carbocycles. The Kier molecular flexibility index (Phi) is 8.76. The van der Waals surface area contributed by atoms with E-state index in [9.17, 15) is 4.79 Å². The predicted molar refractivity (Wildman–Crippen MR) is 137 cm³/mol. The van der Waals surface area contributed by atoms with Crippen LogP contribution in [0.3, 0.4) is 0 Å². The van der Waals surface area contributed by atoms with Gasteiger partial charge in [0, 0.05) is 17.3 Å². The molecule has 1 aliphatic rings. The molecule has 1 aliphatic carbocycles. The second kappa shape index (κ2) is 11.7. The van der Waals surface area contributed by atoms with E-state index in [1.54, 1.807) is 7.11 Å². The lowest BCUT2D eigenvalue weighted by Crippen LogP contribution is -2.39. The molecule has 1 heterocycles. The number of amides is 1. The van der Waals surface area contributed by atoms with Crippen molar-refractivity contribution >= 4 is 5.91 Å². The molecule has 33 heavy (non-hydrogen) atoms. The first-order valence-corrected chi connectivity index (χ1v) is 12.3. The van der Waals surface area contributed by atoms with Crippen LogP contribution in [0.15, 0.2) is 60.7 Å². The monoisotopic (exact) mass is 446 g/mol. The summed E-state index contributed by atoms with van der Waals surface area (Å²) in [6.45, 7) is 8.12. The topological polar surface area (TPSA) is 54.1 Å².